The quantitative estimate of drug-likeness (QED) is 0.912. The molecular formula is C15H14F3NO. The lowest BCUT2D eigenvalue weighted by molar-refractivity contribution is -0.138. The number of halogens is 3. The van der Waals surface area contributed by atoms with Crippen molar-refractivity contribution in [3.8, 4) is 11.5 Å². The molecule has 0 fully saturated rings. The summed E-state index contributed by atoms with van der Waals surface area (Å²) in [5, 5.41) is 0. The van der Waals surface area contributed by atoms with E-state index in [1.165, 1.54) is 12.1 Å². The molecule has 0 saturated heterocycles. The summed E-state index contributed by atoms with van der Waals surface area (Å²) in [5.74, 6) is 0.903. The van der Waals surface area contributed by atoms with Gasteiger partial charge in [-0.05, 0) is 42.8 Å². The maximum absolute atomic E-state index is 12.7. The van der Waals surface area contributed by atoms with Crippen LogP contribution in [0.25, 0.3) is 0 Å². The second-order valence-electron chi connectivity index (χ2n) is 4.44. The SMILES string of the molecule is Cc1ccc(Oc2ccc(C(F)(F)F)c(CN)c2)cc1. The summed E-state index contributed by atoms with van der Waals surface area (Å²) >= 11 is 0. The van der Waals surface area contributed by atoms with Gasteiger partial charge in [0, 0.05) is 6.54 Å². The highest BCUT2D eigenvalue weighted by atomic mass is 19.4. The van der Waals surface area contributed by atoms with Gasteiger partial charge in [-0.3, -0.25) is 0 Å². The Kier molecular flexibility index (Phi) is 3.99. The van der Waals surface area contributed by atoms with Crippen LogP contribution in [0.4, 0.5) is 13.2 Å². The molecule has 0 bridgehead atoms. The van der Waals surface area contributed by atoms with Crippen LogP contribution < -0.4 is 10.5 Å². The molecule has 2 aromatic carbocycles. The molecule has 0 amide bonds. The number of benzene rings is 2. The molecule has 2 rings (SSSR count). The molecule has 0 atom stereocenters. The number of ether oxygens (including phenoxy) is 1. The van der Waals surface area contributed by atoms with Crippen molar-refractivity contribution in [1.29, 1.82) is 0 Å². The summed E-state index contributed by atoms with van der Waals surface area (Å²) in [6.07, 6.45) is -4.41. The molecule has 0 unspecified atom stereocenters. The topological polar surface area (TPSA) is 35.2 Å². The first kappa shape index (κ1) is 14.4. The predicted molar refractivity (Wildman–Crippen MR) is 70.6 cm³/mol. The molecule has 2 N–H and O–H groups in total. The minimum Gasteiger partial charge on any atom is -0.457 e. The maximum atomic E-state index is 12.7. The minimum atomic E-state index is -4.41. The summed E-state index contributed by atoms with van der Waals surface area (Å²) in [5.41, 5.74) is 5.74. The summed E-state index contributed by atoms with van der Waals surface area (Å²) < 4.78 is 43.7. The number of rotatable bonds is 3. The minimum absolute atomic E-state index is 0.0158. The van der Waals surface area contributed by atoms with E-state index in [0.717, 1.165) is 11.6 Å². The van der Waals surface area contributed by atoms with Gasteiger partial charge in [0.2, 0.25) is 0 Å². The lowest BCUT2D eigenvalue weighted by atomic mass is 10.1. The first-order valence-corrected chi connectivity index (χ1v) is 6.05. The van der Waals surface area contributed by atoms with Crippen molar-refractivity contribution in [3.63, 3.8) is 0 Å². The molecule has 0 spiro atoms. The van der Waals surface area contributed by atoms with Crippen LogP contribution in [0.5, 0.6) is 11.5 Å². The van der Waals surface area contributed by atoms with Gasteiger partial charge in [0.25, 0.3) is 0 Å². The summed E-state index contributed by atoms with van der Waals surface area (Å²) in [7, 11) is 0. The van der Waals surface area contributed by atoms with E-state index in [-0.39, 0.29) is 12.1 Å². The number of aryl methyl sites for hydroxylation is 1. The molecule has 0 aliphatic rings. The highest BCUT2D eigenvalue weighted by molar-refractivity contribution is 5.40. The van der Waals surface area contributed by atoms with Gasteiger partial charge in [0.1, 0.15) is 11.5 Å². The number of alkyl halides is 3. The zero-order valence-electron chi connectivity index (χ0n) is 10.9. The van der Waals surface area contributed by atoms with Crippen molar-refractivity contribution in [2.45, 2.75) is 19.6 Å². The summed E-state index contributed by atoms with van der Waals surface area (Å²) in [6.45, 7) is 1.74. The number of hydrogen-bond acceptors (Lipinski definition) is 2. The van der Waals surface area contributed by atoms with Crippen LogP contribution in [-0.4, -0.2) is 0 Å². The fourth-order valence-corrected chi connectivity index (χ4v) is 1.82. The summed E-state index contributed by atoms with van der Waals surface area (Å²) in [6, 6.07) is 10.9. The number of hydrogen-bond donors (Lipinski definition) is 1. The molecule has 20 heavy (non-hydrogen) atoms. The van der Waals surface area contributed by atoms with Crippen LogP contribution in [0.15, 0.2) is 42.5 Å². The van der Waals surface area contributed by atoms with Crippen LogP contribution in [0.2, 0.25) is 0 Å². The van der Waals surface area contributed by atoms with Gasteiger partial charge in [-0.15, -0.1) is 0 Å². The van der Waals surface area contributed by atoms with Crippen molar-refractivity contribution < 1.29 is 17.9 Å². The highest BCUT2D eigenvalue weighted by Gasteiger charge is 2.33. The van der Waals surface area contributed by atoms with Crippen LogP contribution in [0.3, 0.4) is 0 Å². The second-order valence-corrected chi connectivity index (χ2v) is 4.44. The Morgan fingerprint density at radius 3 is 2.15 bits per heavy atom. The van der Waals surface area contributed by atoms with Crippen molar-refractivity contribution in [3.05, 3.63) is 59.2 Å². The van der Waals surface area contributed by atoms with Crippen molar-refractivity contribution in [1.82, 2.24) is 0 Å². The second kappa shape index (κ2) is 5.54. The van der Waals surface area contributed by atoms with Gasteiger partial charge in [-0.2, -0.15) is 13.2 Å². The van der Waals surface area contributed by atoms with Gasteiger partial charge < -0.3 is 10.5 Å². The van der Waals surface area contributed by atoms with Crippen LogP contribution >= 0.6 is 0 Å². The van der Waals surface area contributed by atoms with E-state index in [1.54, 1.807) is 12.1 Å². The molecule has 2 nitrogen and oxygen atoms in total. The zero-order valence-corrected chi connectivity index (χ0v) is 10.9. The van der Waals surface area contributed by atoms with Gasteiger partial charge in [-0.25, -0.2) is 0 Å². The Morgan fingerprint density at radius 1 is 1.00 bits per heavy atom. The van der Waals surface area contributed by atoms with Gasteiger partial charge in [0.05, 0.1) is 5.56 Å². The normalized spacial score (nSPS) is 11.4. The average Bonchev–Trinajstić information content (AvgIpc) is 2.40. The Hall–Kier alpha value is -2.01. The van der Waals surface area contributed by atoms with E-state index < -0.39 is 11.7 Å². The monoisotopic (exact) mass is 281 g/mol. The third-order valence-corrected chi connectivity index (χ3v) is 2.86. The Morgan fingerprint density at radius 2 is 1.60 bits per heavy atom. The number of nitrogens with two attached hydrogens (primary N) is 1. The van der Waals surface area contributed by atoms with Crippen molar-refractivity contribution >= 4 is 0 Å². The highest BCUT2D eigenvalue weighted by Crippen LogP contribution is 2.34. The molecule has 0 saturated carbocycles. The van der Waals surface area contributed by atoms with E-state index in [4.69, 9.17) is 10.5 Å². The fraction of sp³-hybridized carbons (Fsp3) is 0.200. The smallest absolute Gasteiger partial charge is 0.416 e. The van der Waals surface area contributed by atoms with Gasteiger partial charge in [-0.1, -0.05) is 17.7 Å². The Balaban J connectivity index is 2.28. The summed E-state index contributed by atoms with van der Waals surface area (Å²) in [4.78, 5) is 0. The van der Waals surface area contributed by atoms with Crippen molar-refractivity contribution in [2.24, 2.45) is 5.73 Å². The third kappa shape index (κ3) is 3.30. The van der Waals surface area contributed by atoms with E-state index >= 15 is 0 Å². The van der Waals surface area contributed by atoms with E-state index in [0.29, 0.717) is 11.5 Å². The predicted octanol–water partition coefficient (Wildman–Crippen LogP) is 4.26. The lowest BCUT2D eigenvalue weighted by Crippen LogP contribution is -2.11. The molecule has 0 aliphatic heterocycles. The molecule has 0 heterocycles. The van der Waals surface area contributed by atoms with Crippen LogP contribution in [0.1, 0.15) is 16.7 Å². The van der Waals surface area contributed by atoms with E-state index in [9.17, 15) is 13.2 Å². The molecular weight excluding hydrogens is 267 g/mol. The van der Waals surface area contributed by atoms with Gasteiger partial charge in [0.15, 0.2) is 0 Å². The molecule has 2 aromatic rings. The lowest BCUT2D eigenvalue weighted by Gasteiger charge is -2.13. The fourth-order valence-electron chi connectivity index (χ4n) is 1.82. The van der Waals surface area contributed by atoms with Crippen LogP contribution in [0, 0.1) is 6.92 Å². The largest absolute Gasteiger partial charge is 0.457 e. The molecule has 0 radical (unpaired) electrons. The molecule has 5 heteroatoms. The first-order chi connectivity index (χ1) is 9.40. The zero-order chi connectivity index (χ0) is 14.8. The molecule has 0 aromatic heterocycles. The molecule has 106 valence electrons. The maximum Gasteiger partial charge on any atom is 0.416 e. The molecule has 0 aliphatic carbocycles. The van der Waals surface area contributed by atoms with E-state index in [2.05, 4.69) is 0 Å². The van der Waals surface area contributed by atoms with Crippen LogP contribution in [-0.2, 0) is 12.7 Å². The standard InChI is InChI=1S/C15H14F3NO/c1-10-2-4-12(5-3-10)20-13-6-7-14(15(16,17)18)11(8-13)9-19/h2-8H,9,19H2,1H3. The third-order valence-electron chi connectivity index (χ3n) is 2.86. The van der Waals surface area contributed by atoms with Gasteiger partial charge >= 0.3 is 6.18 Å². The van der Waals surface area contributed by atoms with E-state index in [1.807, 2.05) is 19.1 Å². The Bertz CT molecular complexity index is 591. The first-order valence-electron chi connectivity index (χ1n) is 6.05. The average molecular weight is 281 g/mol. The van der Waals surface area contributed by atoms with Crippen molar-refractivity contribution in [2.75, 3.05) is 0 Å². The Labute approximate surface area is 115 Å².